The molecule has 0 spiro atoms. The number of rotatable bonds is 5. The fourth-order valence-corrected chi connectivity index (χ4v) is 3.04. The molecule has 1 amide bonds. The summed E-state index contributed by atoms with van der Waals surface area (Å²) in [7, 11) is 3.51. The first-order valence-electron chi connectivity index (χ1n) is 8.02. The Bertz CT molecular complexity index is 489. The number of methoxy groups -OCH3 is 1. The highest BCUT2D eigenvalue weighted by Gasteiger charge is 2.33. The summed E-state index contributed by atoms with van der Waals surface area (Å²) >= 11 is 0. The molecule has 0 radical (unpaired) electrons. The standard InChI is InChI=1S/C17H27N3O2/c1-4-12-5-7-14(19-10-12)11-20(2)17(21)13-6-8-15(18)16(9-13)22-3/h5,7,10,13,15-16H,4,6,8-9,11,18H2,1-3H3/t13-,15+,16+/m0/s1. The minimum absolute atomic E-state index is 0.00432. The molecule has 0 aliphatic heterocycles. The molecule has 1 aromatic heterocycles. The molecule has 1 aliphatic rings. The molecule has 5 nitrogen and oxygen atoms in total. The summed E-state index contributed by atoms with van der Waals surface area (Å²) < 4.78 is 5.40. The van der Waals surface area contributed by atoms with Gasteiger partial charge in [0.25, 0.3) is 0 Å². The van der Waals surface area contributed by atoms with E-state index in [9.17, 15) is 4.79 Å². The average molecular weight is 305 g/mol. The van der Waals surface area contributed by atoms with Gasteiger partial charge in [0.2, 0.25) is 5.91 Å². The van der Waals surface area contributed by atoms with Gasteiger partial charge in [0.05, 0.1) is 18.3 Å². The van der Waals surface area contributed by atoms with Crippen LogP contribution in [0.25, 0.3) is 0 Å². The van der Waals surface area contributed by atoms with Gasteiger partial charge < -0.3 is 15.4 Å². The van der Waals surface area contributed by atoms with Crippen LogP contribution in [0.2, 0.25) is 0 Å². The Hall–Kier alpha value is -1.46. The lowest BCUT2D eigenvalue weighted by molar-refractivity contribution is -0.137. The average Bonchev–Trinajstić information content (AvgIpc) is 2.55. The maximum atomic E-state index is 12.6. The third-order valence-corrected chi connectivity index (χ3v) is 4.56. The van der Waals surface area contributed by atoms with Gasteiger partial charge in [0.1, 0.15) is 0 Å². The lowest BCUT2D eigenvalue weighted by atomic mass is 9.83. The summed E-state index contributed by atoms with van der Waals surface area (Å²) in [6.07, 6.45) is 5.23. The Labute approximate surface area is 132 Å². The van der Waals surface area contributed by atoms with Crippen molar-refractivity contribution in [3.8, 4) is 0 Å². The first-order chi connectivity index (χ1) is 10.5. The van der Waals surface area contributed by atoms with Gasteiger partial charge in [-0.15, -0.1) is 0 Å². The predicted octanol–water partition coefficient (Wildman–Crippen LogP) is 1.74. The van der Waals surface area contributed by atoms with Crippen LogP contribution in [-0.4, -0.2) is 42.1 Å². The van der Waals surface area contributed by atoms with Gasteiger partial charge in [-0.3, -0.25) is 9.78 Å². The molecule has 0 bridgehead atoms. The van der Waals surface area contributed by atoms with Crippen molar-refractivity contribution in [2.24, 2.45) is 11.7 Å². The molecule has 5 heteroatoms. The third kappa shape index (κ3) is 4.05. The second kappa shape index (κ2) is 7.70. The van der Waals surface area contributed by atoms with Crippen LogP contribution in [0, 0.1) is 5.92 Å². The van der Waals surface area contributed by atoms with Crippen molar-refractivity contribution in [2.45, 2.75) is 51.3 Å². The Balaban J connectivity index is 1.93. The highest BCUT2D eigenvalue weighted by molar-refractivity contribution is 5.78. The molecule has 1 heterocycles. The lowest BCUT2D eigenvalue weighted by Crippen LogP contribution is -2.45. The normalized spacial score (nSPS) is 25.0. The molecule has 22 heavy (non-hydrogen) atoms. The first kappa shape index (κ1) is 16.9. The smallest absolute Gasteiger partial charge is 0.225 e. The number of nitrogens with two attached hydrogens (primary N) is 1. The van der Waals surface area contributed by atoms with Crippen molar-refractivity contribution in [1.82, 2.24) is 9.88 Å². The summed E-state index contributed by atoms with van der Waals surface area (Å²) in [4.78, 5) is 18.8. The zero-order valence-corrected chi connectivity index (χ0v) is 13.8. The molecule has 1 aliphatic carbocycles. The second-order valence-corrected chi connectivity index (χ2v) is 6.15. The molecular formula is C17H27N3O2. The monoisotopic (exact) mass is 305 g/mol. The largest absolute Gasteiger partial charge is 0.380 e. The molecule has 0 unspecified atom stereocenters. The topological polar surface area (TPSA) is 68.5 Å². The molecule has 3 atom stereocenters. The van der Waals surface area contributed by atoms with Gasteiger partial charge in [-0.25, -0.2) is 0 Å². The highest BCUT2D eigenvalue weighted by Crippen LogP contribution is 2.27. The van der Waals surface area contributed by atoms with Crippen LogP contribution in [0.3, 0.4) is 0 Å². The number of hydrogen-bond donors (Lipinski definition) is 1. The summed E-state index contributed by atoms with van der Waals surface area (Å²) in [5, 5.41) is 0. The fourth-order valence-electron chi connectivity index (χ4n) is 3.04. The number of pyridine rings is 1. The summed E-state index contributed by atoms with van der Waals surface area (Å²) in [6, 6.07) is 4.11. The lowest BCUT2D eigenvalue weighted by Gasteiger charge is -2.34. The van der Waals surface area contributed by atoms with Gasteiger partial charge in [0.15, 0.2) is 0 Å². The number of carbonyl (C=O) groups is 1. The quantitative estimate of drug-likeness (QED) is 0.900. The maximum Gasteiger partial charge on any atom is 0.225 e. The van der Waals surface area contributed by atoms with E-state index >= 15 is 0 Å². The van der Waals surface area contributed by atoms with E-state index in [1.54, 1.807) is 12.0 Å². The van der Waals surface area contributed by atoms with Crippen LogP contribution in [0.4, 0.5) is 0 Å². The summed E-state index contributed by atoms with van der Waals surface area (Å²) in [5.41, 5.74) is 8.15. The van der Waals surface area contributed by atoms with Crippen molar-refractivity contribution >= 4 is 5.91 Å². The van der Waals surface area contributed by atoms with E-state index in [1.807, 2.05) is 19.3 Å². The van der Waals surface area contributed by atoms with Gasteiger partial charge in [-0.05, 0) is 37.3 Å². The Morgan fingerprint density at radius 3 is 2.82 bits per heavy atom. The minimum Gasteiger partial charge on any atom is -0.380 e. The van der Waals surface area contributed by atoms with E-state index in [2.05, 4.69) is 18.0 Å². The van der Waals surface area contributed by atoms with Gasteiger partial charge in [-0.1, -0.05) is 13.0 Å². The number of amides is 1. The summed E-state index contributed by atoms with van der Waals surface area (Å²) in [5.74, 6) is 0.167. The van der Waals surface area contributed by atoms with Gasteiger partial charge in [0, 0.05) is 32.3 Å². The van der Waals surface area contributed by atoms with Crippen molar-refractivity contribution in [3.05, 3.63) is 29.6 Å². The Morgan fingerprint density at radius 2 is 2.23 bits per heavy atom. The van der Waals surface area contributed by atoms with Crippen LogP contribution < -0.4 is 5.73 Å². The molecule has 2 rings (SSSR count). The summed E-state index contributed by atoms with van der Waals surface area (Å²) in [6.45, 7) is 2.65. The zero-order chi connectivity index (χ0) is 16.1. The van der Waals surface area contributed by atoms with Crippen LogP contribution in [0.1, 0.15) is 37.4 Å². The second-order valence-electron chi connectivity index (χ2n) is 6.15. The molecule has 1 fully saturated rings. The van der Waals surface area contributed by atoms with Crippen molar-refractivity contribution in [3.63, 3.8) is 0 Å². The molecule has 0 saturated heterocycles. The number of nitrogens with zero attached hydrogens (tertiary/aromatic N) is 2. The molecule has 1 aromatic rings. The van der Waals surface area contributed by atoms with Crippen LogP contribution in [0.15, 0.2) is 18.3 Å². The van der Waals surface area contributed by atoms with E-state index < -0.39 is 0 Å². The van der Waals surface area contributed by atoms with E-state index in [0.717, 1.165) is 25.0 Å². The highest BCUT2D eigenvalue weighted by atomic mass is 16.5. The van der Waals surface area contributed by atoms with E-state index in [1.165, 1.54) is 5.56 Å². The number of carbonyl (C=O) groups excluding carboxylic acids is 1. The van der Waals surface area contributed by atoms with E-state index in [0.29, 0.717) is 13.0 Å². The van der Waals surface area contributed by atoms with Crippen molar-refractivity contribution in [2.75, 3.05) is 14.2 Å². The molecule has 1 saturated carbocycles. The number of aromatic nitrogens is 1. The SMILES string of the molecule is CCc1ccc(CN(C)C(=O)[C@H]2CC[C@@H](N)[C@H](OC)C2)nc1. The number of ether oxygens (including phenoxy) is 1. The van der Waals surface area contributed by atoms with Crippen LogP contribution in [-0.2, 0) is 22.5 Å². The van der Waals surface area contributed by atoms with Crippen LogP contribution >= 0.6 is 0 Å². The zero-order valence-electron chi connectivity index (χ0n) is 13.8. The Kier molecular flexibility index (Phi) is 5.91. The Morgan fingerprint density at radius 1 is 1.45 bits per heavy atom. The third-order valence-electron chi connectivity index (χ3n) is 4.56. The molecule has 2 N–H and O–H groups in total. The van der Waals surface area contributed by atoms with Crippen molar-refractivity contribution < 1.29 is 9.53 Å². The van der Waals surface area contributed by atoms with Crippen molar-refractivity contribution in [1.29, 1.82) is 0 Å². The number of hydrogen-bond acceptors (Lipinski definition) is 4. The van der Waals surface area contributed by atoms with Gasteiger partial charge in [-0.2, -0.15) is 0 Å². The minimum atomic E-state index is -0.0157. The van der Waals surface area contributed by atoms with E-state index in [4.69, 9.17) is 10.5 Å². The van der Waals surface area contributed by atoms with Gasteiger partial charge >= 0.3 is 0 Å². The molecule has 122 valence electrons. The molecular weight excluding hydrogens is 278 g/mol. The number of aryl methyl sites for hydroxylation is 1. The molecule has 0 aromatic carbocycles. The van der Waals surface area contributed by atoms with Crippen LogP contribution in [0.5, 0.6) is 0 Å². The fraction of sp³-hybridized carbons (Fsp3) is 0.647. The van der Waals surface area contributed by atoms with E-state index in [-0.39, 0.29) is 24.0 Å². The maximum absolute atomic E-state index is 12.6. The first-order valence-corrected chi connectivity index (χ1v) is 8.02. The predicted molar refractivity (Wildman–Crippen MR) is 86.2 cm³/mol.